The van der Waals surface area contributed by atoms with Gasteiger partial charge in [0.2, 0.25) is 5.91 Å². The van der Waals surface area contributed by atoms with E-state index in [9.17, 15) is 14.0 Å². The summed E-state index contributed by atoms with van der Waals surface area (Å²) >= 11 is 0. The molecule has 0 saturated carbocycles. The number of aromatic nitrogens is 3. The Morgan fingerprint density at radius 2 is 1.87 bits per heavy atom. The number of piperidine rings is 1. The van der Waals surface area contributed by atoms with Crippen molar-refractivity contribution < 1.29 is 14.0 Å². The van der Waals surface area contributed by atoms with Crippen LogP contribution >= 0.6 is 0 Å². The fraction of sp³-hybridized carbons (Fsp3) is 0.364. The lowest BCUT2D eigenvalue weighted by atomic mass is 10.0. The Balaban J connectivity index is 1.64. The van der Waals surface area contributed by atoms with Gasteiger partial charge in [-0.1, -0.05) is 0 Å². The van der Waals surface area contributed by atoms with Gasteiger partial charge in [0.25, 0.3) is 5.91 Å². The molecule has 1 aliphatic heterocycles. The van der Waals surface area contributed by atoms with Crippen molar-refractivity contribution in [1.82, 2.24) is 19.7 Å². The van der Waals surface area contributed by atoms with Gasteiger partial charge in [-0.3, -0.25) is 9.59 Å². The van der Waals surface area contributed by atoms with E-state index in [0.717, 1.165) is 18.2 Å². The molecule has 1 aromatic carbocycles. The molecule has 9 heteroatoms. The Morgan fingerprint density at radius 3 is 2.52 bits per heavy atom. The highest BCUT2D eigenvalue weighted by Crippen LogP contribution is 2.29. The zero-order valence-corrected chi connectivity index (χ0v) is 17.6. The average molecular weight is 424 g/mol. The van der Waals surface area contributed by atoms with E-state index in [4.69, 9.17) is 0 Å². The molecule has 3 heterocycles. The summed E-state index contributed by atoms with van der Waals surface area (Å²) in [5.41, 5.74) is 2.26. The molecule has 0 aliphatic carbocycles. The van der Waals surface area contributed by atoms with Gasteiger partial charge in [0.05, 0.1) is 22.8 Å². The van der Waals surface area contributed by atoms with Crippen molar-refractivity contribution in [2.75, 3.05) is 23.7 Å². The number of fused-ring (bicyclic) bond motifs is 1. The van der Waals surface area contributed by atoms with Crippen LogP contribution < -0.4 is 10.6 Å². The van der Waals surface area contributed by atoms with Gasteiger partial charge < -0.3 is 15.5 Å². The fourth-order valence-corrected chi connectivity index (χ4v) is 3.86. The largest absolute Gasteiger partial charge is 0.381 e. The van der Waals surface area contributed by atoms with E-state index in [1.807, 2.05) is 11.8 Å². The van der Waals surface area contributed by atoms with Crippen LogP contribution in [-0.2, 0) is 11.3 Å². The number of anilines is 2. The van der Waals surface area contributed by atoms with Gasteiger partial charge in [-0.25, -0.2) is 14.1 Å². The molecule has 1 aliphatic rings. The molecule has 2 N–H and O–H groups in total. The number of amides is 2. The highest BCUT2D eigenvalue weighted by Gasteiger charge is 2.24. The summed E-state index contributed by atoms with van der Waals surface area (Å²) in [5.74, 6) is -0.630. The molecule has 3 aromatic rings. The van der Waals surface area contributed by atoms with Crippen molar-refractivity contribution in [3.8, 4) is 0 Å². The van der Waals surface area contributed by atoms with Gasteiger partial charge in [-0.05, 0) is 44.0 Å². The van der Waals surface area contributed by atoms with Crippen LogP contribution in [0.4, 0.5) is 15.8 Å². The van der Waals surface area contributed by atoms with E-state index in [0.29, 0.717) is 42.2 Å². The number of carbonyl (C=O) groups excluding carboxylic acids is 2. The number of hydrogen-bond acceptors (Lipinski definition) is 5. The van der Waals surface area contributed by atoms with Crippen LogP contribution in [0.5, 0.6) is 0 Å². The van der Waals surface area contributed by atoms with Gasteiger partial charge in [-0.2, -0.15) is 5.10 Å². The Hall–Kier alpha value is -3.49. The molecule has 1 fully saturated rings. The third kappa shape index (κ3) is 4.35. The molecule has 31 heavy (non-hydrogen) atoms. The normalized spacial score (nSPS) is 14.6. The topological polar surface area (TPSA) is 92.2 Å². The number of hydrogen-bond donors (Lipinski definition) is 2. The summed E-state index contributed by atoms with van der Waals surface area (Å²) in [6, 6.07) is 5.73. The highest BCUT2D eigenvalue weighted by molar-refractivity contribution is 6.12. The van der Waals surface area contributed by atoms with Gasteiger partial charge >= 0.3 is 0 Å². The monoisotopic (exact) mass is 424 g/mol. The summed E-state index contributed by atoms with van der Waals surface area (Å²) in [6.07, 6.45) is 4.82. The van der Waals surface area contributed by atoms with Crippen molar-refractivity contribution in [2.24, 2.45) is 0 Å². The van der Waals surface area contributed by atoms with Gasteiger partial charge in [0.15, 0.2) is 5.65 Å². The first kappa shape index (κ1) is 20.8. The third-order valence-corrected chi connectivity index (χ3v) is 5.60. The molecule has 2 aromatic heterocycles. The van der Waals surface area contributed by atoms with Crippen LogP contribution in [-0.4, -0.2) is 50.6 Å². The molecule has 162 valence electrons. The second-order valence-corrected chi connectivity index (χ2v) is 7.63. The van der Waals surface area contributed by atoms with E-state index in [2.05, 4.69) is 20.7 Å². The molecule has 0 spiro atoms. The second kappa shape index (κ2) is 8.71. The van der Waals surface area contributed by atoms with Crippen LogP contribution in [0, 0.1) is 5.82 Å². The molecule has 1 saturated heterocycles. The number of pyridine rings is 1. The first-order valence-electron chi connectivity index (χ1n) is 10.4. The van der Waals surface area contributed by atoms with E-state index >= 15 is 0 Å². The van der Waals surface area contributed by atoms with Gasteiger partial charge in [0.1, 0.15) is 5.82 Å². The van der Waals surface area contributed by atoms with E-state index in [1.54, 1.807) is 24.0 Å². The van der Waals surface area contributed by atoms with Crippen LogP contribution in [0.15, 0.2) is 36.7 Å². The number of rotatable bonds is 5. The number of nitrogens with one attached hydrogen (secondary N) is 2. The van der Waals surface area contributed by atoms with Gasteiger partial charge in [0, 0.05) is 44.5 Å². The van der Waals surface area contributed by atoms with Crippen molar-refractivity contribution >= 4 is 34.2 Å². The standard InChI is InChI=1S/C22H25FN6O2/c1-3-29-21-18(13-25-29)20(26-17-8-10-28(11-9-17)14(2)30)19(12-24-21)22(31)27-16-6-4-15(23)5-7-16/h4-7,12-13,17H,3,8-11H2,1-2H3,(H,24,26)(H,27,31). The molecular formula is C22H25FN6O2. The summed E-state index contributed by atoms with van der Waals surface area (Å²) in [7, 11) is 0. The minimum atomic E-state index is -0.368. The van der Waals surface area contributed by atoms with Crippen molar-refractivity contribution in [3.05, 3.63) is 48.0 Å². The first-order chi connectivity index (χ1) is 15.0. The molecule has 0 atom stereocenters. The lowest BCUT2D eigenvalue weighted by molar-refractivity contribution is -0.129. The minimum Gasteiger partial charge on any atom is -0.381 e. The second-order valence-electron chi connectivity index (χ2n) is 7.63. The van der Waals surface area contributed by atoms with Crippen molar-refractivity contribution in [2.45, 2.75) is 39.3 Å². The maximum Gasteiger partial charge on any atom is 0.259 e. The van der Waals surface area contributed by atoms with Crippen molar-refractivity contribution in [1.29, 1.82) is 0 Å². The molecule has 0 unspecified atom stereocenters. The SMILES string of the molecule is CCn1ncc2c(NC3CCN(C(C)=O)CC3)c(C(=O)Nc3ccc(F)cc3)cnc21. The number of benzene rings is 1. The number of halogens is 1. The first-order valence-corrected chi connectivity index (χ1v) is 10.4. The average Bonchev–Trinajstić information content (AvgIpc) is 3.19. The number of carbonyl (C=O) groups is 2. The lowest BCUT2D eigenvalue weighted by Crippen LogP contribution is -2.41. The third-order valence-electron chi connectivity index (χ3n) is 5.60. The molecule has 8 nitrogen and oxygen atoms in total. The Bertz CT molecular complexity index is 1100. The molecule has 4 rings (SSSR count). The highest BCUT2D eigenvalue weighted by atomic mass is 19.1. The smallest absolute Gasteiger partial charge is 0.259 e. The summed E-state index contributed by atoms with van der Waals surface area (Å²) in [6.45, 7) is 5.57. The van der Waals surface area contributed by atoms with Crippen molar-refractivity contribution in [3.63, 3.8) is 0 Å². The minimum absolute atomic E-state index is 0.0772. The molecular weight excluding hydrogens is 399 g/mol. The van der Waals surface area contributed by atoms with E-state index in [1.165, 1.54) is 24.3 Å². The van der Waals surface area contributed by atoms with Crippen LogP contribution in [0.1, 0.15) is 37.0 Å². The summed E-state index contributed by atoms with van der Waals surface area (Å²) in [4.78, 5) is 31.0. The predicted octanol–water partition coefficient (Wildman–Crippen LogP) is 3.27. The number of aryl methyl sites for hydroxylation is 1. The van der Waals surface area contributed by atoms with Gasteiger partial charge in [-0.15, -0.1) is 0 Å². The Kier molecular flexibility index (Phi) is 5.83. The quantitative estimate of drug-likeness (QED) is 0.656. The molecule has 2 amide bonds. The zero-order chi connectivity index (χ0) is 22.0. The summed E-state index contributed by atoms with van der Waals surface area (Å²) in [5, 5.41) is 11.5. The zero-order valence-electron chi connectivity index (χ0n) is 17.6. The van der Waals surface area contributed by atoms with E-state index in [-0.39, 0.29) is 23.7 Å². The number of likely N-dealkylation sites (tertiary alicyclic amines) is 1. The maximum atomic E-state index is 13.2. The maximum absolute atomic E-state index is 13.2. The lowest BCUT2D eigenvalue weighted by Gasteiger charge is -2.32. The van der Waals surface area contributed by atoms with Crippen LogP contribution in [0.25, 0.3) is 11.0 Å². The molecule has 0 radical (unpaired) electrons. The predicted molar refractivity (Wildman–Crippen MR) is 116 cm³/mol. The molecule has 0 bridgehead atoms. The van der Waals surface area contributed by atoms with E-state index < -0.39 is 0 Å². The van der Waals surface area contributed by atoms with Crippen LogP contribution in [0.3, 0.4) is 0 Å². The number of nitrogens with zero attached hydrogens (tertiary/aromatic N) is 4. The summed E-state index contributed by atoms with van der Waals surface area (Å²) < 4.78 is 15.0. The Labute approximate surface area is 179 Å². The van der Waals surface area contributed by atoms with Crippen LogP contribution in [0.2, 0.25) is 0 Å². The Morgan fingerprint density at radius 1 is 1.16 bits per heavy atom. The fourth-order valence-electron chi connectivity index (χ4n) is 3.86.